The Morgan fingerprint density at radius 2 is 0.909 bits per heavy atom. The van der Waals surface area contributed by atoms with Crippen molar-refractivity contribution in [2.75, 3.05) is 6.54 Å². The van der Waals surface area contributed by atoms with Crippen molar-refractivity contribution < 1.29 is 0 Å². The minimum Gasteiger partial charge on any atom is -0.330 e. The molecule has 0 aliphatic heterocycles. The van der Waals surface area contributed by atoms with Gasteiger partial charge in [0.15, 0.2) is 0 Å². The van der Waals surface area contributed by atoms with E-state index in [1.165, 1.54) is 109 Å². The van der Waals surface area contributed by atoms with Crippen LogP contribution in [0, 0.1) is 0 Å². The highest BCUT2D eigenvalue weighted by atomic mass is 14.6. The fraction of sp³-hybridized carbons (Fsp3) is 1.00. The Kier molecular flexibility index (Phi) is 18.9. The summed E-state index contributed by atoms with van der Waals surface area (Å²) in [6, 6.07) is 0.456. The van der Waals surface area contributed by atoms with Crippen LogP contribution in [0.25, 0.3) is 0 Å². The predicted molar refractivity (Wildman–Crippen MR) is 101 cm³/mol. The van der Waals surface area contributed by atoms with Gasteiger partial charge in [-0.05, 0) is 25.8 Å². The van der Waals surface area contributed by atoms with Crippen LogP contribution in [0.2, 0.25) is 0 Å². The molecule has 1 unspecified atom stereocenters. The molecule has 0 rings (SSSR count). The van der Waals surface area contributed by atoms with Crippen molar-refractivity contribution in [2.24, 2.45) is 11.5 Å². The van der Waals surface area contributed by atoms with Crippen LogP contribution in [0.5, 0.6) is 0 Å². The van der Waals surface area contributed by atoms with E-state index in [-0.39, 0.29) is 0 Å². The van der Waals surface area contributed by atoms with Gasteiger partial charge in [0.2, 0.25) is 0 Å². The minimum atomic E-state index is 0.456. The van der Waals surface area contributed by atoms with E-state index < -0.39 is 0 Å². The molecule has 0 spiro atoms. The second-order valence-electron chi connectivity index (χ2n) is 7.08. The zero-order valence-electron chi connectivity index (χ0n) is 15.5. The Morgan fingerprint density at radius 3 is 1.32 bits per heavy atom. The Labute approximate surface area is 140 Å². The molecule has 0 radical (unpaired) electrons. The molecule has 0 aliphatic rings. The van der Waals surface area contributed by atoms with Gasteiger partial charge in [-0.3, -0.25) is 0 Å². The zero-order valence-corrected chi connectivity index (χ0v) is 15.5. The van der Waals surface area contributed by atoms with E-state index in [1.54, 1.807) is 0 Å². The molecule has 1 atom stereocenters. The highest BCUT2D eigenvalue weighted by Crippen LogP contribution is 2.13. The molecule has 134 valence electrons. The molecule has 0 heterocycles. The van der Waals surface area contributed by atoms with Crippen molar-refractivity contribution in [1.82, 2.24) is 0 Å². The van der Waals surface area contributed by atoms with E-state index in [1.807, 2.05) is 0 Å². The van der Waals surface area contributed by atoms with E-state index in [9.17, 15) is 0 Å². The maximum Gasteiger partial charge on any atom is 0.00388 e. The average molecular weight is 313 g/mol. The van der Waals surface area contributed by atoms with E-state index >= 15 is 0 Å². The summed E-state index contributed by atoms with van der Waals surface area (Å²) in [7, 11) is 0. The lowest BCUT2D eigenvalue weighted by atomic mass is 10.0. The zero-order chi connectivity index (χ0) is 16.3. The first kappa shape index (κ1) is 21.9. The van der Waals surface area contributed by atoms with Crippen LogP contribution in [0.3, 0.4) is 0 Å². The van der Waals surface area contributed by atoms with Crippen LogP contribution in [0.4, 0.5) is 0 Å². The summed E-state index contributed by atoms with van der Waals surface area (Å²) in [6.07, 6.45) is 23.0. The lowest BCUT2D eigenvalue weighted by Gasteiger charge is -2.11. The molecule has 0 aromatic rings. The number of rotatable bonds is 18. The third-order valence-electron chi connectivity index (χ3n) is 4.71. The van der Waals surface area contributed by atoms with Crippen LogP contribution < -0.4 is 11.5 Å². The van der Waals surface area contributed by atoms with Gasteiger partial charge in [-0.2, -0.15) is 0 Å². The van der Waals surface area contributed by atoms with Crippen LogP contribution in [-0.4, -0.2) is 12.6 Å². The highest BCUT2D eigenvalue weighted by Gasteiger charge is 2.02. The van der Waals surface area contributed by atoms with Crippen molar-refractivity contribution in [3.05, 3.63) is 0 Å². The fourth-order valence-electron chi connectivity index (χ4n) is 3.12. The standard InChI is InChI=1S/C20H44N2/c1-2-3-4-5-6-8-11-14-17-20(22)18-15-12-9-7-10-13-16-19-21/h20H,2-19,21-22H2,1H3. The van der Waals surface area contributed by atoms with E-state index in [2.05, 4.69) is 6.92 Å². The Balaban J connectivity index is 3.11. The quantitative estimate of drug-likeness (QED) is 0.308. The molecule has 0 saturated carbocycles. The van der Waals surface area contributed by atoms with Gasteiger partial charge in [0.05, 0.1) is 0 Å². The van der Waals surface area contributed by atoms with Crippen molar-refractivity contribution in [3.8, 4) is 0 Å². The van der Waals surface area contributed by atoms with Crippen molar-refractivity contribution in [2.45, 2.75) is 122 Å². The molecule has 0 fully saturated rings. The first-order valence-electron chi connectivity index (χ1n) is 10.3. The monoisotopic (exact) mass is 312 g/mol. The lowest BCUT2D eigenvalue weighted by Crippen LogP contribution is -2.19. The largest absolute Gasteiger partial charge is 0.330 e. The topological polar surface area (TPSA) is 52.0 Å². The summed E-state index contributed by atoms with van der Waals surface area (Å²) >= 11 is 0. The van der Waals surface area contributed by atoms with E-state index in [0.29, 0.717) is 6.04 Å². The second-order valence-corrected chi connectivity index (χ2v) is 7.08. The van der Waals surface area contributed by atoms with Gasteiger partial charge >= 0.3 is 0 Å². The SMILES string of the molecule is CCCCCCCCCCC(N)CCCCCCCCCN. The van der Waals surface area contributed by atoms with E-state index in [0.717, 1.165) is 6.54 Å². The Morgan fingerprint density at radius 1 is 0.545 bits per heavy atom. The van der Waals surface area contributed by atoms with Gasteiger partial charge < -0.3 is 11.5 Å². The summed E-state index contributed by atoms with van der Waals surface area (Å²) in [5.41, 5.74) is 11.7. The molecule has 0 aliphatic carbocycles. The third kappa shape index (κ3) is 18.0. The Bertz CT molecular complexity index is 174. The van der Waals surface area contributed by atoms with Gasteiger partial charge in [0.1, 0.15) is 0 Å². The maximum absolute atomic E-state index is 6.22. The summed E-state index contributed by atoms with van der Waals surface area (Å²) in [5.74, 6) is 0. The van der Waals surface area contributed by atoms with Gasteiger partial charge in [-0.25, -0.2) is 0 Å². The molecule has 0 aromatic heterocycles. The summed E-state index contributed by atoms with van der Waals surface area (Å²) in [6.45, 7) is 3.14. The van der Waals surface area contributed by atoms with Crippen LogP contribution in [-0.2, 0) is 0 Å². The molecule has 0 aromatic carbocycles. The summed E-state index contributed by atoms with van der Waals surface area (Å²) < 4.78 is 0. The van der Waals surface area contributed by atoms with Crippen molar-refractivity contribution >= 4 is 0 Å². The van der Waals surface area contributed by atoms with Gasteiger partial charge in [0.25, 0.3) is 0 Å². The number of hydrogen-bond acceptors (Lipinski definition) is 2. The predicted octanol–water partition coefficient (Wildman–Crippen LogP) is 5.92. The van der Waals surface area contributed by atoms with Gasteiger partial charge in [-0.15, -0.1) is 0 Å². The molecule has 0 amide bonds. The molecule has 2 heteroatoms. The molecule has 4 N–H and O–H groups in total. The Hall–Kier alpha value is -0.0800. The lowest BCUT2D eigenvalue weighted by molar-refractivity contribution is 0.480. The van der Waals surface area contributed by atoms with Gasteiger partial charge in [0, 0.05) is 6.04 Å². The van der Waals surface area contributed by atoms with Crippen molar-refractivity contribution in [3.63, 3.8) is 0 Å². The molecular formula is C20H44N2. The van der Waals surface area contributed by atoms with E-state index in [4.69, 9.17) is 11.5 Å². The molecule has 0 bridgehead atoms. The first-order chi connectivity index (χ1) is 10.8. The maximum atomic E-state index is 6.22. The number of unbranched alkanes of at least 4 members (excludes halogenated alkanes) is 13. The fourth-order valence-corrected chi connectivity index (χ4v) is 3.12. The van der Waals surface area contributed by atoms with Crippen LogP contribution >= 0.6 is 0 Å². The van der Waals surface area contributed by atoms with Crippen LogP contribution in [0.1, 0.15) is 116 Å². The minimum absolute atomic E-state index is 0.456. The molecular weight excluding hydrogens is 268 g/mol. The van der Waals surface area contributed by atoms with Crippen molar-refractivity contribution in [1.29, 1.82) is 0 Å². The first-order valence-corrected chi connectivity index (χ1v) is 10.3. The average Bonchev–Trinajstić information content (AvgIpc) is 2.52. The number of nitrogens with two attached hydrogens (primary N) is 2. The van der Waals surface area contributed by atoms with Crippen LogP contribution in [0.15, 0.2) is 0 Å². The normalized spacial score (nSPS) is 12.7. The number of hydrogen-bond donors (Lipinski definition) is 2. The molecule has 0 saturated heterocycles. The highest BCUT2D eigenvalue weighted by molar-refractivity contribution is 4.62. The smallest absolute Gasteiger partial charge is 0.00388 e. The third-order valence-corrected chi connectivity index (χ3v) is 4.71. The summed E-state index contributed by atoms with van der Waals surface area (Å²) in [5, 5.41) is 0. The molecule has 22 heavy (non-hydrogen) atoms. The molecule has 2 nitrogen and oxygen atoms in total. The van der Waals surface area contributed by atoms with Gasteiger partial charge in [-0.1, -0.05) is 96.8 Å². The second kappa shape index (κ2) is 19.0. The summed E-state index contributed by atoms with van der Waals surface area (Å²) in [4.78, 5) is 0.